The monoisotopic (exact) mass is 212 g/mol. The first-order chi connectivity index (χ1) is 7.31. The molecule has 92 valence electrons. The lowest BCUT2D eigenvalue weighted by Crippen LogP contribution is -2.04. The van der Waals surface area contributed by atoms with Crippen molar-refractivity contribution in [2.45, 2.75) is 91.4 Å². The predicted octanol–water partition coefficient (Wildman–Crippen LogP) is 5.95. The molecule has 0 saturated heterocycles. The highest BCUT2D eigenvalue weighted by molar-refractivity contribution is 4.62. The van der Waals surface area contributed by atoms with Crippen LogP contribution in [0.1, 0.15) is 91.4 Å². The molecule has 0 aliphatic heterocycles. The SMILES string of the molecule is C1CCCCC1.CC1CCC1.CCCC. The zero-order valence-electron chi connectivity index (χ0n) is 11.4. The Morgan fingerprint density at radius 1 is 0.667 bits per heavy atom. The molecule has 0 aromatic rings. The summed E-state index contributed by atoms with van der Waals surface area (Å²) in [6.07, 6.45) is 16.1. The highest BCUT2D eigenvalue weighted by Crippen LogP contribution is 2.24. The molecule has 0 unspecified atom stereocenters. The third-order valence-electron chi connectivity index (χ3n) is 3.39. The van der Waals surface area contributed by atoms with Crippen LogP contribution in [0.4, 0.5) is 0 Å². The van der Waals surface area contributed by atoms with Crippen LogP contribution in [0, 0.1) is 5.92 Å². The van der Waals surface area contributed by atoms with E-state index in [0.717, 1.165) is 5.92 Å². The van der Waals surface area contributed by atoms with Gasteiger partial charge in [-0.1, -0.05) is 91.4 Å². The van der Waals surface area contributed by atoms with E-state index in [1.807, 2.05) is 0 Å². The van der Waals surface area contributed by atoms with E-state index >= 15 is 0 Å². The standard InChI is InChI=1S/C6H12.C5H10.C4H10/c1-2-4-6-5-3-1;1-5-3-2-4-5;1-3-4-2/h1-6H2;5H,2-4H2,1H3;3-4H2,1-2H3. The Morgan fingerprint density at radius 3 is 1.00 bits per heavy atom. The van der Waals surface area contributed by atoms with Gasteiger partial charge in [0.15, 0.2) is 0 Å². The maximum Gasteiger partial charge on any atom is -0.0443 e. The third kappa shape index (κ3) is 11.9. The number of hydrogen-bond donors (Lipinski definition) is 0. The molecule has 0 spiro atoms. The van der Waals surface area contributed by atoms with Crippen LogP contribution < -0.4 is 0 Å². The van der Waals surface area contributed by atoms with E-state index in [9.17, 15) is 0 Å². The lowest BCUT2D eigenvalue weighted by Gasteiger charge is -2.18. The Hall–Kier alpha value is 0. The molecular formula is C15H32. The average molecular weight is 212 g/mol. The highest BCUT2D eigenvalue weighted by Gasteiger charge is 2.09. The molecule has 0 heterocycles. The van der Waals surface area contributed by atoms with Crippen molar-refractivity contribution in [3.63, 3.8) is 0 Å². The third-order valence-corrected chi connectivity index (χ3v) is 3.39. The molecule has 2 saturated carbocycles. The van der Waals surface area contributed by atoms with Crippen LogP contribution in [0.5, 0.6) is 0 Å². The van der Waals surface area contributed by atoms with Gasteiger partial charge < -0.3 is 0 Å². The number of unbranched alkanes of at least 4 members (excludes halogenated alkanes) is 1. The maximum atomic E-state index is 2.31. The average Bonchev–Trinajstić information content (AvgIpc) is 2.30. The first kappa shape index (κ1) is 15.0. The van der Waals surface area contributed by atoms with Gasteiger partial charge in [0.05, 0.1) is 0 Å². The van der Waals surface area contributed by atoms with E-state index in [0.29, 0.717) is 0 Å². The van der Waals surface area contributed by atoms with Gasteiger partial charge in [-0.25, -0.2) is 0 Å². The molecule has 0 nitrogen and oxygen atoms in total. The van der Waals surface area contributed by atoms with Gasteiger partial charge in [0.2, 0.25) is 0 Å². The first-order valence-electron chi connectivity index (χ1n) is 7.31. The van der Waals surface area contributed by atoms with E-state index in [4.69, 9.17) is 0 Å². The minimum absolute atomic E-state index is 1.06. The fourth-order valence-corrected chi connectivity index (χ4v) is 1.67. The number of rotatable bonds is 1. The van der Waals surface area contributed by atoms with Gasteiger partial charge in [0, 0.05) is 0 Å². The molecule has 0 radical (unpaired) electrons. The minimum Gasteiger partial charge on any atom is -0.0654 e. The predicted molar refractivity (Wildman–Crippen MR) is 71.3 cm³/mol. The molecule has 2 rings (SSSR count). The zero-order chi connectivity index (χ0) is 11.4. The van der Waals surface area contributed by atoms with Crippen molar-refractivity contribution in [2.24, 2.45) is 5.92 Å². The Kier molecular flexibility index (Phi) is 12.1. The molecule has 0 N–H and O–H groups in total. The zero-order valence-corrected chi connectivity index (χ0v) is 11.4. The van der Waals surface area contributed by atoms with Crippen LogP contribution >= 0.6 is 0 Å². The fourth-order valence-electron chi connectivity index (χ4n) is 1.67. The summed E-state index contributed by atoms with van der Waals surface area (Å²) < 4.78 is 0. The largest absolute Gasteiger partial charge is 0.0654 e. The van der Waals surface area contributed by atoms with Crippen molar-refractivity contribution in [2.75, 3.05) is 0 Å². The molecule has 0 heteroatoms. The van der Waals surface area contributed by atoms with Crippen LogP contribution in [0.15, 0.2) is 0 Å². The van der Waals surface area contributed by atoms with Crippen LogP contribution in [0.25, 0.3) is 0 Å². The van der Waals surface area contributed by atoms with Crippen molar-refractivity contribution in [1.29, 1.82) is 0 Å². The molecule has 2 aliphatic carbocycles. The van der Waals surface area contributed by atoms with Gasteiger partial charge >= 0.3 is 0 Å². The van der Waals surface area contributed by atoms with Gasteiger partial charge in [-0.3, -0.25) is 0 Å². The van der Waals surface area contributed by atoms with Crippen molar-refractivity contribution in [3.05, 3.63) is 0 Å². The summed E-state index contributed by atoms with van der Waals surface area (Å²) in [6, 6.07) is 0. The Labute approximate surface area is 97.8 Å². The summed E-state index contributed by atoms with van der Waals surface area (Å²) >= 11 is 0. The van der Waals surface area contributed by atoms with Gasteiger partial charge in [0.1, 0.15) is 0 Å². The molecule has 15 heavy (non-hydrogen) atoms. The van der Waals surface area contributed by atoms with Gasteiger partial charge in [0.25, 0.3) is 0 Å². The quantitative estimate of drug-likeness (QED) is 0.503. The van der Waals surface area contributed by atoms with E-state index in [2.05, 4.69) is 20.8 Å². The van der Waals surface area contributed by atoms with Crippen LogP contribution in [-0.2, 0) is 0 Å². The summed E-state index contributed by atoms with van der Waals surface area (Å²) in [5, 5.41) is 0. The second-order valence-corrected chi connectivity index (χ2v) is 5.16. The Bertz CT molecular complexity index is 85.1. The Morgan fingerprint density at radius 2 is 0.933 bits per heavy atom. The summed E-state index contributed by atoms with van der Waals surface area (Å²) in [7, 11) is 0. The molecular weight excluding hydrogens is 180 g/mol. The van der Waals surface area contributed by atoms with Gasteiger partial charge in [-0.15, -0.1) is 0 Å². The first-order valence-corrected chi connectivity index (χ1v) is 7.31. The van der Waals surface area contributed by atoms with E-state index in [1.165, 1.54) is 70.6 Å². The van der Waals surface area contributed by atoms with Crippen molar-refractivity contribution >= 4 is 0 Å². The smallest absolute Gasteiger partial charge is 0.0443 e. The normalized spacial score (nSPS) is 20.2. The topological polar surface area (TPSA) is 0 Å². The summed E-state index contributed by atoms with van der Waals surface area (Å²) in [5.74, 6) is 1.06. The lowest BCUT2D eigenvalue weighted by atomic mass is 9.88. The summed E-state index contributed by atoms with van der Waals surface area (Å²) in [4.78, 5) is 0. The van der Waals surface area contributed by atoms with Crippen molar-refractivity contribution < 1.29 is 0 Å². The Balaban J connectivity index is 0.000000202. The van der Waals surface area contributed by atoms with E-state index in [1.54, 1.807) is 0 Å². The van der Waals surface area contributed by atoms with Gasteiger partial charge in [-0.05, 0) is 5.92 Å². The fraction of sp³-hybridized carbons (Fsp3) is 1.00. The van der Waals surface area contributed by atoms with Crippen molar-refractivity contribution in [3.8, 4) is 0 Å². The second kappa shape index (κ2) is 12.1. The van der Waals surface area contributed by atoms with Crippen molar-refractivity contribution in [1.82, 2.24) is 0 Å². The molecule has 2 fully saturated rings. The lowest BCUT2D eigenvalue weighted by molar-refractivity contribution is 0.346. The highest BCUT2D eigenvalue weighted by atomic mass is 14.1. The van der Waals surface area contributed by atoms with Crippen LogP contribution in [-0.4, -0.2) is 0 Å². The summed E-state index contributed by atoms with van der Waals surface area (Å²) in [5.41, 5.74) is 0. The molecule has 0 aromatic heterocycles. The van der Waals surface area contributed by atoms with E-state index < -0.39 is 0 Å². The van der Waals surface area contributed by atoms with Crippen LogP contribution in [0.2, 0.25) is 0 Å². The molecule has 0 aromatic carbocycles. The molecule has 0 bridgehead atoms. The molecule has 0 amide bonds. The van der Waals surface area contributed by atoms with E-state index in [-0.39, 0.29) is 0 Å². The number of hydrogen-bond acceptors (Lipinski definition) is 0. The second-order valence-electron chi connectivity index (χ2n) is 5.16. The van der Waals surface area contributed by atoms with Gasteiger partial charge in [-0.2, -0.15) is 0 Å². The minimum atomic E-state index is 1.06. The molecule has 0 atom stereocenters. The molecule has 2 aliphatic rings. The summed E-state index contributed by atoms with van der Waals surface area (Å²) in [6.45, 7) is 6.67. The maximum absolute atomic E-state index is 2.31. The van der Waals surface area contributed by atoms with Crippen LogP contribution in [0.3, 0.4) is 0 Å².